The van der Waals surface area contributed by atoms with Gasteiger partial charge in [0.05, 0.1) is 23.2 Å². The number of para-hydroxylation sites is 1. The SMILES string of the molecule is NC(=O)[C@@H](c1cccnc1)[C@@H](CCC(F)(F)F)C(=O)NC1N=C(c2ccccc2)c2ccccc2NC1=O. The zero-order valence-corrected chi connectivity index (χ0v) is 20.0. The minimum Gasteiger partial charge on any atom is -0.369 e. The number of halogens is 3. The largest absolute Gasteiger partial charge is 0.389 e. The van der Waals surface area contributed by atoms with Crippen LogP contribution in [0.25, 0.3) is 0 Å². The maximum absolute atomic E-state index is 13.5. The van der Waals surface area contributed by atoms with Gasteiger partial charge in [-0.25, -0.2) is 4.99 Å². The average molecular weight is 524 g/mol. The Kier molecular flexibility index (Phi) is 7.85. The summed E-state index contributed by atoms with van der Waals surface area (Å²) >= 11 is 0. The molecule has 2 heterocycles. The summed E-state index contributed by atoms with van der Waals surface area (Å²) in [7, 11) is 0. The van der Waals surface area contributed by atoms with Crippen LogP contribution < -0.4 is 16.4 Å². The molecule has 0 fully saturated rings. The molecule has 0 bridgehead atoms. The summed E-state index contributed by atoms with van der Waals surface area (Å²) in [4.78, 5) is 47.3. The highest BCUT2D eigenvalue weighted by molar-refractivity contribution is 6.19. The van der Waals surface area contributed by atoms with Crippen LogP contribution in [0.4, 0.5) is 18.9 Å². The highest BCUT2D eigenvalue weighted by Gasteiger charge is 2.39. The molecule has 4 rings (SSSR count). The van der Waals surface area contributed by atoms with Crippen molar-refractivity contribution in [3.63, 3.8) is 0 Å². The van der Waals surface area contributed by atoms with Crippen LogP contribution >= 0.6 is 0 Å². The van der Waals surface area contributed by atoms with E-state index in [9.17, 15) is 27.6 Å². The summed E-state index contributed by atoms with van der Waals surface area (Å²) in [5, 5.41) is 5.16. The molecule has 0 aliphatic carbocycles. The number of benzodiazepines with no additional fused rings is 1. The number of nitrogens with one attached hydrogen (secondary N) is 2. The maximum Gasteiger partial charge on any atom is 0.389 e. The van der Waals surface area contributed by atoms with Gasteiger partial charge < -0.3 is 16.4 Å². The van der Waals surface area contributed by atoms with Gasteiger partial charge in [-0.05, 0) is 24.1 Å². The zero-order valence-electron chi connectivity index (χ0n) is 20.0. The third-order valence-corrected chi connectivity index (χ3v) is 6.10. The lowest BCUT2D eigenvalue weighted by atomic mass is 9.82. The maximum atomic E-state index is 13.5. The molecule has 1 aliphatic rings. The number of nitrogens with zero attached hydrogens (tertiary/aromatic N) is 2. The van der Waals surface area contributed by atoms with Crippen molar-refractivity contribution >= 4 is 29.1 Å². The first-order valence-electron chi connectivity index (χ1n) is 11.7. The van der Waals surface area contributed by atoms with Crippen molar-refractivity contribution in [1.29, 1.82) is 0 Å². The standard InChI is InChI=1S/C27H24F3N5O3/c28-27(29,30)13-12-19(21(23(31)36)17-9-6-14-32-15-17)25(37)35-24-26(38)33-20-11-5-4-10-18(20)22(34-24)16-7-2-1-3-8-16/h1-11,14-15,19,21,24H,12-13H2,(H2,31,36)(H,33,38)(H,35,37)/t19-,21+,24?/m1/s1. The number of benzene rings is 2. The van der Waals surface area contributed by atoms with Gasteiger partial charge in [0.1, 0.15) is 0 Å². The number of primary amides is 1. The minimum absolute atomic E-state index is 0.188. The number of hydrogen-bond donors (Lipinski definition) is 3. The molecular weight excluding hydrogens is 499 g/mol. The topological polar surface area (TPSA) is 127 Å². The normalized spacial score (nSPS) is 16.8. The highest BCUT2D eigenvalue weighted by atomic mass is 19.4. The molecule has 38 heavy (non-hydrogen) atoms. The second-order valence-corrected chi connectivity index (χ2v) is 8.72. The number of aliphatic imine (C=N–C) groups is 1. The first kappa shape index (κ1) is 26.5. The minimum atomic E-state index is -4.59. The molecule has 3 atom stereocenters. The van der Waals surface area contributed by atoms with E-state index in [0.717, 1.165) is 0 Å². The second-order valence-electron chi connectivity index (χ2n) is 8.72. The lowest BCUT2D eigenvalue weighted by Gasteiger charge is -2.26. The molecule has 1 aliphatic heterocycles. The molecule has 3 amide bonds. The molecule has 1 aromatic heterocycles. The first-order chi connectivity index (χ1) is 18.1. The third kappa shape index (κ3) is 6.23. The van der Waals surface area contributed by atoms with Crippen molar-refractivity contribution in [1.82, 2.24) is 10.3 Å². The monoisotopic (exact) mass is 523 g/mol. The van der Waals surface area contributed by atoms with Crippen molar-refractivity contribution < 1.29 is 27.6 Å². The quantitative estimate of drug-likeness (QED) is 0.417. The number of rotatable bonds is 8. The van der Waals surface area contributed by atoms with Crippen LogP contribution in [0.2, 0.25) is 0 Å². The number of aromatic nitrogens is 1. The van der Waals surface area contributed by atoms with E-state index in [4.69, 9.17) is 5.73 Å². The number of nitrogens with two attached hydrogens (primary N) is 1. The molecule has 1 unspecified atom stereocenters. The van der Waals surface area contributed by atoms with E-state index in [1.807, 2.05) is 6.07 Å². The highest BCUT2D eigenvalue weighted by Crippen LogP contribution is 2.33. The predicted octanol–water partition coefficient (Wildman–Crippen LogP) is 3.54. The number of pyridine rings is 1. The summed E-state index contributed by atoms with van der Waals surface area (Å²) < 4.78 is 39.5. The van der Waals surface area contributed by atoms with E-state index in [1.165, 1.54) is 24.5 Å². The Balaban J connectivity index is 1.71. The van der Waals surface area contributed by atoms with Gasteiger partial charge >= 0.3 is 6.18 Å². The molecule has 2 aromatic carbocycles. The van der Waals surface area contributed by atoms with Crippen LogP contribution in [0.3, 0.4) is 0 Å². The van der Waals surface area contributed by atoms with E-state index in [2.05, 4.69) is 20.6 Å². The van der Waals surface area contributed by atoms with Gasteiger partial charge in [0.25, 0.3) is 5.91 Å². The van der Waals surface area contributed by atoms with Gasteiger partial charge in [0.2, 0.25) is 18.0 Å². The fourth-order valence-corrected chi connectivity index (χ4v) is 4.35. The predicted molar refractivity (Wildman–Crippen MR) is 134 cm³/mol. The van der Waals surface area contributed by atoms with Crippen molar-refractivity contribution in [2.45, 2.75) is 31.1 Å². The van der Waals surface area contributed by atoms with Crippen LogP contribution in [0.1, 0.15) is 35.4 Å². The Morgan fingerprint density at radius 1 is 1.03 bits per heavy atom. The van der Waals surface area contributed by atoms with Gasteiger partial charge in [-0.1, -0.05) is 54.6 Å². The van der Waals surface area contributed by atoms with Crippen molar-refractivity contribution in [2.75, 3.05) is 5.32 Å². The molecule has 4 N–H and O–H groups in total. The molecule has 3 aromatic rings. The van der Waals surface area contributed by atoms with E-state index in [0.29, 0.717) is 22.5 Å². The van der Waals surface area contributed by atoms with Crippen LogP contribution in [-0.4, -0.2) is 40.8 Å². The number of alkyl halides is 3. The lowest BCUT2D eigenvalue weighted by Crippen LogP contribution is -2.47. The first-order valence-corrected chi connectivity index (χ1v) is 11.7. The number of hydrogen-bond acceptors (Lipinski definition) is 5. The molecule has 0 saturated heterocycles. The lowest BCUT2D eigenvalue weighted by molar-refractivity contribution is -0.144. The van der Waals surface area contributed by atoms with Crippen LogP contribution in [0.15, 0.2) is 84.1 Å². The molecule has 196 valence electrons. The second kappa shape index (κ2) is 11.2. The molecular formula is C27H24F3N5O3. The summed E-state index contributed by atoms with van der Waals surface area (Å²) in [6.07, 6.45) is -5.46. The van der Waals surface area contributed by atoms with E-state index < -0.39 is 54.7 Å². The number of amides is 3. The van der Waals surface area contributed by atoms with Crippen molar-refractivity contribution in [3.8, 4) is 0 Å². The Morgan fingerprint density at radius 2 is 1.74 bits per heavy atom. The van der Waals surface area contributed by atoms with Gasteiger partial charge in [-0.15, -0.1) is 0 Å². The summed E-state index contributed by atoms with van der Waals surface area (Å²) in [5.74, 6) is -5.60. The number of carbonyl (C=O) groups excluding carboxylic acids is 3. The number of anilines is 1. The molecule has 0 spiro atoms. The van der Waals surface area contributed by atoms with E-state index in [1.54, 1.807) is 48.5 Å². The Morgan fingerprint density at radius 3 is 2.39 bits per heavy atom. The molecule has 11 heteroatoms. The Hall–Kier alpha value is -4.54. The fourth-order valence-electron chi connectivity index (χ4n) is 4.35. The van der Waals surface area contributed by atoms with Crippen molar-refractivity contribution in [3.05, 3.63) is 95.8 Å². The van der Waals surface area contributed by atoms with Crippen LogP contribution in [0, 0.1) is 5.92 Å². The van der Waals surface area contributed by atoms with Crippen LogP contribution in [0.5, 0.6) is 0 Å². The van der Waals surface area contributed by atoms with E-state index >= 15 is 0 Å². The number of fused-ring (bicyclic) bond motifs is 1. The van der Waals surface area contributed by atoms with Gasteiger partial charge in [0.15, 0.2) is 0 Å². The summed E-state index contributed by atoms with van der Waals surface area (Å²) in [6, 6.07) is 18.8. The van der Waals surface area contributed by atoms with Gasteiger partial charge in [0, 0.05) is 29.9 Å². The third-order valence-electron chi connectivity index (χ3n) is 6.10. The van der Waals surface area contributed by atoms with Gasteiger partial charge in [-0.2, -0.15) is 13.2 Å². The molecule has 0 saturated carbocycles. The van der Waals surface area contributed by atoms with Crippen molar-refractivity contribution in [2.24, 2.45) is 16.6 Å². The number of carbonyl (C=O) groups is 3. The summed E-state index contributed by atoms with van der Waals surface area (Å²) in [5.41, 5.74) is 7.86. The van der Waals surface area contributed by atoms with E-state index in [-0.39, 0.29) is 5.56 Å². The summed E-state index contributed by atoms with van der Waals surface area (Å²) in [6.45, 7) is 0. The zero-order chi connectivity index (χ0) is 27.3. The average Bonchev–Trinajstić information content (AvgIpc) is 3.02. The Labute approximate surface area is 216 Å². The molecule has 8 nitrogen and oxygen atoms in total. The Bertz CT molecular complexity index is 1350. The van der Waals surface area contributed by atoms with Crippen LogP contribution in [-0.2, 0) is 14.4 Å². The smallest absolute Gasteiger partial charge is 0.369 e. The molecule has 0 radical (unpaired) electrons. The fraction of sp³-hybridized carbons (Fsp3) is 0.222. The van der Waals surface area contributed by atoms with Gasteiger partial charge in [-0.3, -0.25) is 19.4 Å².